The van der Waals surface area contributed by atoms with Gasteiger partial charge in [-0.2, -0.15) is 0 Å². The third-order valence-electron chi connectivity index (χ3n) is 4.11. The molecule has 3 atom stereocenters. The largest absolute Gasteiger partial charge is 0.462 e. The Kier molecular flexibility index (Phi) is 1.90. The van der Waals surface area contributed by atoms with E-state index in [0.717, 1.165) is 12.3 Å². The zero-order valence-corrected chi connectivity index (χ0v) is 8.67. The Morgan fingerprint density at radius 2 is 2.08 bits per heavy atom. The Bertz CT molecular complexity index is 230. The van der Waals surface area contributed by atoms with Gasteiger partial charge in [-0.25, -0.2) is 0 Å². The van der Waals surface area contributed by atoms with Crippen molar-refractivity contribution >= 4 is 5.97 Å². The maximum absolute atomic E-state index is 10.9. The van der Waals surface area contributed by atoms with E-state index in [1.54, 1.807) is 0 Å². The summed E-state index contributed by atoms with van der Waals surface area (Å²) in [7, 11) is 0. The quantitative estimate of drug-likeness (QED) is 0.582. The van der Waals surface area contributed by atoms with E-state index in [2.05, 4.69) is 13.8 Å². The summed E-state index contributed by atoms with van der Waals surface area (Å²) in [5.41, 5.74) is 0.415. The van der Waals surface area contributed by atoms with Crippen LogP contribution in [0.3, 0.4) is 0 Å². The average molecular weight is 182 g/mol. The second kappa shape index (κ2) is 2.73. The molecule has 3 aliphatic carbocycles. The number of carbonyl (C=O) groups is 1. The molecule has 3 fully saturated rings. The summed E-state index contributed by atoms with van der Waals surface area (Å²) >= 11 is 0. The van der Waals surface area contributed by atoms with Crippen LogP contribution in [0.25, 0.3) is 0 Å². The minimum atomic E-state index is -0.119. The number of rotatable bonds is 1. The molecule has 0 spiro atoms. The Hall–Kier alpha value is -0.530. The van der Waals surface area contributed by atoms with Gasteiger partial charge in [0, 0.05) is 12.8 Å². The summed E-state index contributed by atoms with van der Waals surface area (Å²) in [6.45, 7) is 6.13. The predicted molar refractivity (Wildman–Crippen MR) is 50.2 cm³/mol. The first-order chi connectivity index (χ1) is 6.01. The number of esters is 1. The van der Waals surface area contributed by atoms with Gasteiger partial charge >= 0.3 is 5.97 Å². The SMILES string of the molecule is CC(=O)OC1CCC2C[C@H]1C2(C)C. The van der Waals surface area contributed by atoms with Crippen LogP contribution in [-0.2, 0) is 9.53 Å². The molecule has 3 aliphatic rings. The van der Waals surface area contributed by atoms with E-state index in [-0.39, 0.29) is 12.1 Å². The second-order valence-corrected chi connectivity index (χ2v) is 5.09. The van der Waals surface area contributed by atoms with Gasteiger partial charge in [0.1, 0.15) is 6.10 Å². The molecule has 2 unspecified atom stereocenters. The molecule has 0 saturated heterocycles. The van der Waals surface area contributed by atoms with Crippen molar-refractivity contribution in [3.63, 3.8) is 0 Å². The summed E-state index contributed by atoms with van der Waals surface area (Å²) in [6, 6.07) is 0. The monoisotopic (exact) mass is 182 g/mol. The van der Waals surface area contributed by atoms with Crippen molar-refractivity contribution in [2.75, 3.05) is 0 Å². The normalized spacial score (nSPS) is 40.7. The highest BCUT2D eigenvalue weighted by atomic mass is 16.5. The van der Waals surface area contributed by atoms with Crippen LogP contribution in [0.15, 0.2) is 0 Å². The molecular weight excluding hydrogens is 164 g/mol. The maximum Gasteiger partial charge on any atom is 0.302 e. The Balaban J connectivity index is 2.03. The summed E-state index contributed by atoms with van der Waals surface area (Å²) in [6.07, 6.45) is 3.79. The van der Waals surface area contributed by atoms with Gasteiger partial charge in [0.15, 0.2) is 0 Å². The smallest absolute Gasteiger partial charge is 0.302 e. The Morgan fingerprint density at radius 3 is 2.54 bits per heavy atom. The highest BCUT2D eigenvalue weighted by Crippen LogP contribution is 2.59. The molecular formula is C11H18O2. The number of fused-ring (bicyclic) bond motifs is 2. The van der Waals surface area contributed by atoms with E-state index in [0.29, 0.717) is 11.3 Å². The van der Waals surface area contributed by atoms with Crippen LogP contribution in [0, 0.1) is 17.3 Å². The molecule has 0 aromatic heterocycles. The zero-order chi connectivity index (χ0) is 9.64. The molecule has 74 valence electrons. The van der Waals surface area contributed by atoms with Crippen molar-refractivity contribution in [1.82, 2.24) is 0 Å². The highest BCUT2D eigenvalue weighted by molar-refractivity contribution is 5.66. The lowest BCUT2D eigenvalue weighted by molar-refractivity contribution is -0.180. The third kappa shape index (κ3) is 1.27. The maximum atomic E-state index is 10.9. The first-order valence-corrected chi connectivity index (χ1v) is 5.19. The van der Waals surface area contributed by atoms with Gasteiger partial charge in [-0.05, 0) is 30.6 Å². The first kappa shape index (κ1) is 9.04. The summed E-state index contributed by atoms with van der Waals surface area (Å²) in [5.74, 6) is 1.38. The molecule has 3 rings (SSSR count). The summed E-state index contributed by atoms with van der Waals surface area (Å²) in [5, 5.41) is 0. The van der Waals surface area contributed by atoms with Crippen molar-refractivity contribution in [1.29, 1.82) is 0 Å². The topological polar surface area (TPSA) is 26.3 Å². The minimum absolute atomic E-state index is 0.119. The zero-order valence-electron chi connectivity index (χ0n) is 8.67. The molecule has 2 bridgehead atoms. The standard InChI is InChI=1S/C11H18O2/c1-7(12)13-10-5-4-8-6-9(10)11(8,2)3/h8-10H,4-6H2,1-3H3/t8?,9-,10?/m1/s1. The number of ether oxygens (including phenoxy) is 1. The van der Waals surface area contributed by atoms with E-state index >= 15 is 0 Å². The predicted octanol–water partition coefficient (Wildman–Crippen LogP) is 2.37. The van der Waals surface area contributed by atoms with Crippen molar-refractivity contribution < 1.29 is 9.53 Å². The molecule has 0 amide bonds. The Labute approximate surface area is 79.7 Å². The number of hydrogen-bond acceptors (Lipinski definition) is 2. The molecule has 0 radical (unpaired) electrons. The van der Waals surface area contributed by atoms with E-state index < -0.39 is 0 Å². The summed E-state index contributed by atoms with van der Waals surface area (Å²) < 4.78 is 5.34. The third-order valence-corrected chi connectivity index (χ3v) is 4.11. The van der Waals surface area contributed by atoms with Crippen molar-refractivity contribution in [2.24, 2.45) is 17.3 Å². The fourth-order valence-electron chi connectivity index (χ4n) is 3.10. The van der Waals surface area contributed by atoms with Gasteiger partial charge in [-0.3, -0.25) is 4.79 Å². The van der Waals surface area contributed by atoms with Crippen LogP contribution in [0.5, 0.6) is 0 Å². The van der Waals surface area contributed by atoms with Gasteiger partial charge in [-0.15, -0.1) is 0 Å². The van der Waals surface area contributed by atoms with Crippen molar-refractivity contribution in [3.05, 3.63) is 0 Å². The number of hydrogen-bond donors (Lipinski definition) is 0. The minimum Gasteiger partial charge on any atom is -0.462 e. The molecule has 2 heteroatoms. The van der Waals surface area contributed by atoms with Crippen LogP contribution in [-0.4, -0.2) is 12.1 Å². The lowest BCUT2D eigenvalue weighted by Gasteiger charge is -2.59. The van der Waals surface area contributed by atoms with E-state index in [1.807, 2.05) is 0 Å². The average Bonchev–Trinajstić information content (AvgIpc) is 2.03. The summed E-state index contributed by atoms with van der Waals surface area (Å²) in [4.78, 5) is 10.9. The fraction of sp³-hybridized carbons (Fsp3) is 0.909. The van der Waals surface area contributed by atoms with Crippen LogP contribution < -0.4 is 0 Å². The van der Waals surface area contributed by atoms with Gasteiger partial charge < -0.3 is 4.74 Å². The molecule has 3 saturated carbocycles. The van der Waals surface area contributed by atoms with Crippen molar-refractivity contribution in [3.8, 4) is 0 Å². The molecule has 0 N–H and O–H groups in total. The van der Waals surface area contributed by atoms with Gasteiger partial charge in [0.2, 0.25) is 0 Å². The number of carbonyl (C=O) groups excluding carboxylic acids is 1. The van der Waals surface area contributed by atoms with Crippen molar-refractivity contribution in [2.45, 2.75) is 46.1 Å². The highest BCUT2D eigenvalue weighted by Gasteiger charge is 2.55. The lowest BCUT2D eigenvalue weighted by Crippen LogP contribution is -2.55. The molecule has 0 aromatic carbocycles. The molecule has 0 aromatic rings. The van der Waals surface area contributed by atoms with Crippen LogP contribution in [0.1, 0.15) is 40.0 Å². The lowest BCUT2D eigenvalue weighted by atomic mass is 9.48. The Morgan fingerprint density at radius 1 is 1.38 bits per heavy atom. The molecule has 0 aliphatic heterocycles. The first-order valence-electron chi connectivity index (χ1n) is 5.19. The molecule has 0 heterocycles. The van der Waals surface area contributed by atoms with E-state index in [9.17, 15) is 4.79 Å². The van der Waals surface area contributed by atoms with Gasteiger partial charge in [-0.1, -0.05) is 13.8 Å². The molecule has 13 heavy (non-hydrogen) atoms. The van der Waals surface area contributed by atoms with Crippen LogP contribution in [0.4, 0.5) is 0 Å². The van der Waals surface area contributed by atoms with Crippen LogP contribution >= 0.6 is 0 Å². The fourth-order valence-corrected chi connectivity index (χ4v) is 3.10. The van der Waals surface area contributed by atoms with Gasteiger partial charge in [0.05, 0.1) is 0 Å². The van der Waals surface area contributed by atoms with E-state index in [4.69, 9.17) is 4.74 Å². The second-order valence-electron chi connectivity index (χ2n) is 5.09. The molecule has 2 nitrogen and oxygen atoms in total. The van der Waals surface area contributed by atoms with E-state index in [1.165, 1.54) is 19.8 Å². The van der Waals surface area contributed by atoms with Crippen LogP contribution in [0.2, 0.25) is 0 Å². The van der Waals surface area contributed by atoms with Gasteiger partial charge in [0.25, 0.3) is 0 Å².